The van der Waals surface area contributed by atoms with Crippen molar-refractivity contribution in [3.63, 3.8) is 0 Å². The van der Waals surface area contributed by atoms with E-state index in [9.17, 15) is 0 Å². The van der Waals surface area contributed by atoms with E-state index in [-0.39, 0.29) is 0 Å². The molecule has 1 unspecified atom stereocenters. The van der Waals surface area contributed by atoms with Crippen molar-refractivity contribution in [2.75, 3.05) is 0 Å². The Labute approximate surface area is 84.6 Å². The highest BCUT2D eigenvalue weighted by Gasteiger charge is 2.05. The fraction of sp³-hybridized carbons (Fsp3) is 0.143. The second-order valence-electron chi connectivity index (χ2n) is 3.65. The molecule has 0 aliphatic heterocycles. The van der Waals surface area contributed by atoms with Crippen LogP contribution in [0.15, 0.2) is 48.6 Å². The number of benzene rings is 1. The minimum atomic E-state index is 0.489. The lowest BCUT2D eigenvalue weighted by Gasteiger charge is -2.11. The third-order valence-electron chi connectivity index (χ3n) is 2.61. The molecule has 0 bridgehead atoms. The van der Waals surface area contributed by atoms with Gasteiger partial charge in [0.25, 0.3) is 0 Å². The molecule has 0 saturated heterocycles. The van der Waals surface area contributed by atoms with Gasteiger partial charge in [-0.05, 0) is 21.9 Å². The molecular weight excluding hydrogens is 168 g/mol. The van der Waals surface area contributed by atoms with Crippen LogP contribution in [0, 0.1) is 5.92 Å². The molecule has 1 aromatic rings. The Morgan fingerprint density at radius 2 is 1.93 bits per heavy atom. The van der Waals surface area contributed by atoms with Crippen molar-refractivity contribution in [2.45, 2.75) is 6.92 Å². The summed E-state index contributed by atoms with van der Waals surface area (Å²) >= 11 is 0. The van der Waals surface area contributed by atoms with E-state index >= 15 is 0 Å². The van der Waals surface area contributed by atoms with Gasteiger partial charge in [-0.2, -0.15) is 0 Å². The molecule has 0 nitrogen and oxygen atoms in total. The van der Waals surface area contributed by atoms with E-state index in [0.29, 0.717) is 5.92 Å². The van der Waals surface area contributed by atoms with Crippen molar-refractivity contribution in [1.29, 1.82) is 0 Å². The normalized spacial score (nSPS) is 23.9. The van der Waals surface area contributed by atoms with Crippen molar-refractivity contribution < 1.29 is 0 Å². The zero-order chi connectivity index (χ0) is 9.97. The third-order valence-corrected chi connectivity index (χ3v) is 2.61. The molecule has 14 heavy (non-hydrogen) atoms. The van der Waals surface area contributed by atoms with Gasteiger partial charge in [0.1, 0.15) is 0 Å². The van der Waals surface area contributed by atoms with E-state index in [1.165, 1.54) is 10.8 Å². The maximum Gasteiger partial charge on any atom is -0.000117 e. The molecule has 0 fully saturated rings. The Morgan fingerprint density at radius 3 is 2.64 bits per heavy atom. The first-order chi connectivity index (χ1) is 6.79. The molecule has 0 saturated carbocycles. The summed E-state index contributed by atoms with van der Waals surface area (Å²) in [6.07, 6.45) is 8.57. The van der Waals surface area contributed by atoms with Crippen LogP contribution in [0.3, 0.4) is 0 Å². The van der Waals surface area contributed by atoms with Crippen LogP contribution in [0.2, 0.25) is 0 Å². The molecule has 1 aromatic carbocycles. The van der Waals surface area contributed by atoms with E-state index in [2.05, 4.69) is 56.0 Å². The smallest absolute Gasteiger partial charge is 0.000117 e. The first-order valence-corrected chi connectivity index (χ1v) is 4.92. The van der Waals surface area contributed by atoms with Crippen LogP contribution in [0.4, 0.5) is 0 Å². The molecule has 2 rings (SSSR count). The van der Waals surface area contributed by atoms with Gasteiger partial charge in [0.15, 0.2) is 0 Å². The minimum absolute atomic E-state index is 0.489. The van der Waals surface area contributed by atoms with Gasteiger partial charge in [0.2, 0.25) is 0 Å². The third kappa shape index (κ3) is 1.56. The van der Waals surface area contributed by atoms with Gasteiger partial charge >= 0.3 is 0 Å². The van der Waals surface area contributed by atoms with Crippen LogP contribution in [0.1, 0.15) is 6.92 Å². The molecule has 1 aliphatic carbocycles. The highest BCUT2D eigenvalue weighted by Crippen LogP contribution is 2.16. The van der Waals surface area contributed by atoms with E-state index in [4.69, 9.17) is 0 Å². The quantitative estimate of drug-likeness (QED) is 0.576. The van der Waals surface area contributed by atoms with Crippen LogP contribution in [-0.4, -0.2) is 0 Å². The summed E-state index contributed by atoms with van der Waals surface area (Å²) in [4.78, 5) is 0. The van der Waals surface area contributed by atoms with Crippen LogP contribution in [0.25, 0.3) is 12.2 Å². The SMILES string of the molecule is C=c1ccccc1=C1C=CC=CC1C. The lowest BCUT2D eigenvalue weighted by atomic mass is 9.94. The molecule has 0 N–H and O–H groups in total. The maximum atomic E-state index is 4.05. The van der Waals surface area contributed by atoms with E-state index in [1.54, 1.807) is 0 Å². The average molecular weight is 182 g/mol. The zero-order valence-corrected chi connectivity index (χ0v) is 8.40. The van der Waals surface area contributed by atoms with Crippen molar-refractivity contribution in [1.82, 2.24) is 0 Å². The zero-order valence-electron chi connectivity index (χ0n) is 8.40. The minimum Gasteiger partial charge on any atom is -0.0911 e. The molecule has 0 amide bonds. The largest absolute Gasteiger partial charge is 0.0911 e. The van der Waals surface area contributed by atoms with Gasteiger partial charge in [-0.1, -0.05) is 62.1 Å². The molecular formula is C14H14. The van der Waals surface area contributed by atoms with Crippen molar-refractivity contribution in [3.8, 4) is 0 Å². The van der Waals surface area contributed by atoms with Gasteiger partial charge in [-0.25, -0.2) is 0 Å². The summed E-state index contributed by atoms with van der Waals surface area (Å²) < 4.78 is 0. The van der Waals surface area contributed by atoms with Crippen LogP contribution in [-0.2, 0) is 0 Å². The summed E-state index contributed by atoms with van der Waals surface area (Å²) in [5.74, 6) is 0.489. The first kappa shape index (κ1) is 9.01. The Morgan fingerprint density at radius 1 is 1.14 bits per heavy atom. The van der Waals surface area contributed by atoms with Gasteiger partial charge in [-0.3, -0.25) is 0 Å². The van der Waals surface area contributed by atoms with Crippen LogP contribution < -0.4 is 10.4 Å². The standard InChI is InChI=1S/C14H14/c1-11-7-3-5-9-13(11)14-10-6-4-8-12(14)2/h3-10,12H,1H2,2H3. The molecule has 0 heteroatoms. The Kier molecular flexibility index (Phi) is 2.36. The summed E-state index contributed by atoms with van der Waals surface area (Å²) in [5.41, 5.74) is 1.36. The molecule has 1 aliphatic rings. The maximum absolute atomic E-state index is 4.05. The van der Waals surface area contributed by atoms with E-state index in [1.807, 2.05) is 6.07 Å². The fourth-order valence-electron chi connectivity index (χ4n) is 1.78. The van der Waals surface area contributed by atoms with Crippen molar-refractivity contribution in [2.24, 2.45) is 5.92 Å². The molecule has 1 atom stereocenters. The summed E-state index contributed by atoms with van der Waals surface area (Å²) in [7, 11) is 0. The Hall–Kier alpha value is -1.56. The second kappa shape index (κ2) is 3.67. The molecule has 70 valence electrons. The fourth-order valence-corrected chi connectivity index (χ4v) is 1.78. The number of hydrogen-bond acceptors (Lipinski definition) is 0. The van der Waals surface area contributed by atoms with E-state index in [0.717, 1.165) is 5.22 Å². The highest BCUT2D eigenvalue weighted by atomic mass is 14.1. The van der Waals surface area contributed by atoms with E-state index < -0.39 is 0 Å². The molecule has 0 aromatic heterocycles. The Bertz CT molecular complexity index is 489. The monoisotopic (exact) mass is 182 g/mol. The average Bonchev–Trinajstić information content (AvgIpc) is 2.20. The van der Waals surface area contributed by atoms with Gasteiger partial charge in [-0.15, -0.1) is 0 Å². The van der Waals surface area contributed by atoms with Gasteiger partial charge in [0, 0.05) is 0 Å². The topological polar surface area (TPSA) is 0 Å². The number of rotatable bonds is 0. The Balaban J connectivity index is 2.72. The predicted molar refractivity (Wildman–Crippen MR) is 62.1 cm³/mol. The molecule has 0 spiro atoms. The number of hydrogen-bond donors (Lipinski definition) is 0. The van der Waals surface area contributed by atoms with Crippen LogP contribution >= 0.6 is 0 Å². The number of allylic oxidation sites excluding steroid dienone is 4. The molecule has 0 radical (unpaired) electrons. The van der Waals surface area contributed by atoms with Gasteiger partial charge in [0.05, 0.1) is 0 Å². The lowest BCUT2D eigenvalue weighted by molar-refractivity contribution is 0.956. The van der Waals surface area contributed by atoms with Crippen molar-refractivity contribution >= 4 is 12.2 Å². The van der Waals surface area contributed by atoms with Crippen LogP contribution in [0.5, 0.6) is 0 Å². The predicted octanol–water partition coefficient (Wildman–Crippen LogP) is 2.01. The highest BCUT2D eigenvalue weighted by molar-refractivity contribution is 5.63. The first-order valence-electron chi connectivity index (χ1n) is 4.92. The summed E-state index contributed by atoms with van der Waals surface area (Å²) in [6.45, 7) is 6.26. The summed E-state index contributed by atoms with van der Waals surface area (Å²) in [5, 5.41) is 2.37. The molecule has 0 heterocycles. The lowest BCUT2D eigenvalue weighted by Crippen LogP contribution is -2.26. The van der Waals surface area contributed by atoms with Crippen molar-refractivity contribution in [3.05, 3.63) is 59.0 Å². The van der Waals surface area contributed by atoms with Gasteiger partial charge < -0.3 is 0 Å². The second-order valence-corrected chi connectivity index (χ2v) is 3.65. The summed E-state index contributed by atoms with van der Waals surface area (Å²) in [6, 6.07) is 8.29.